The van der Waals surface area contributed by atoms with Crippen LogP contribution in [0, 0.1) is 0 Å². The number of methoxy groups -OCH3 is 1. The van der Waals surface area contributed by atoms with E-state index < -0.39 is 21.7 Å². The number of nitrogens with zero attached hydrogens (tertiary/aromatic N) is 2. The summed E-state index contributed by atoms with van der Waals surface area (Å²) in [5.41, 5.74) is 0.582. The van der Waals surface area contributed by atoms with Crippen LogP contribution < -0.4 is 4.90 Å². The number of carbonyl (C=O) groups is 2. The number of likely N-dealkylation sites (N-methyl/N-ethyl adjacent to an activating group) is 1. The fourth-order valence-electron chi connectivity index (χ4n) is 2.43. The Kier molecular flexibility index (Phi) is 4.88. The summed E-state index contributed by atoms with van der Waals surface area (Å²) in [4.78, 5) is 25.5. The molecule has 0 atom stereocenters. The van der Waals surface area contributed by atoms with Crippen LogP contribution in [0.15, 0.2) is 23.1 Å². The fourth-order valence-corrected chi connectivity index (χ4v) is 3.62. The fraction of sp³-hybridized carbons (Fsp3) is 0.467. The SMILES string of the molecule is COCCN(C)S(=O)(=O)c1ccc2c(c1)C(=O)C(=O)N2C(C)C. The average Bonchev–Trinajstić information content (AvgIpc) is 2.76. The number of rotatable bonds is 6. The van der Waals surface area contributed by atoms with Crippen molar-refractivity contribution in [3.63, 3.8) is 0 Å². The second-order valence-corrected chi connectivity index (χ2v) is 7.64. The van der Waals surface area contributed by atoms with Gasteiger partial charge < -0.3 is 9.64 Å². The first-order valence-electron chi connectivity index (χ1n) is 7.19. The van der Waals surface area contributed by atoms with Crippen LogP contribution in [0.3, 0.4) is 0 Å². The predicted octanol–water partition coefficient (Wildman–Crippen LogP) is 0.891. The maximum atomic E-state index is 12.5. The molecule has 23 heavy (non-hydrogen) atoms. The van der Waals surface area contributed by atoms with E-state index in [4.69, 9.17) is 4.74 Å². The van der Waals surface area contributed by atoms with Crippen LogP contribution in [0.4, 0.5) is 5.69 Å². The summed E-state index contributed by atoms with van der Waals surface area (Å²) in [6.07, 6.45) is 0. The summed E-state index contributed by atoms with van der Waals surface area (Å²) in [7, 11) is -0.814. The molecule has 7 nitrogen and oxygen atoms in total. The van der Waals surface area contributed by atoms with E-state index >= 15 is 0 Å². The number of ether oxygens (including phenoxy) is 1. The highest BCUT2D eigenvalue weighted by Gasteiger charge is 2.38. The van der Waals surface area contributed by atoms with Crippen LogP contribution in [0.1, 0.15) is 24.2 Å². The van der Waals surface area contributed by atoms with Gasteiger partial charge in [0.2, 0.25) is 10.0 Å². The van der Waals surface area contributed by atoms with Crippen LogP contribution in [0.5, 0.6) is 0 Å². The predicted molar refractivity (Wildman–Crippen MR) is 85.1 cm³/mol. The topological polar surface area (TPSA) is 84.0 Å². The molecule has 0 radical (unpaired) electrons. The zero-order valence-electron chi connectivity index (χ0n) is 13.6. The van der Waals surface area contributed by atoms with Gasteiger partial charge in [0, 0.05) is 26.7 Å². The van der Waals surface area contributed by atoms with Crippen molar-refractivity contribution in [3.05, 3.63) is 23.8 Å². The average molecular weight is 340 g/mol. The molecule has 0 fully saturated rings. The molecule has 126 valence electrons. The standard InChI is InChI=1S/C15H20N2O5S/c1-10(2)17-13-6-5-11(9-12(13)14(18)15(17)19)23(20,21)16(3)7-8-22-4/h5-6,9-10H,7-8H2,1-4H3. The van der Waals surface area contributed by atoms with E-state index in [1.165, 1.54) is 37.3 Å². The maximum Gasteiger partial charge on any atom is 0.299 e. The molecule has 8 heteroatoms. The number of benzene rings is 1. The maximum absolute atomic E-state index is 12.5. The van der Waals surface area contributed by atoms with Crippen molar-refractivity contribution in [1.29, 1.82) is 0 Å². The summed E-state index contributed by atoms with van der Waals surface area (Å²) in [5.74, 6) is -1.30. The molecule has 1 aliphatic heterocycles. The number of Topliss-reactive ketones (excluding diaryl/α,β-unsaturated/α-hetero) is 1. The molecular formula is C15H20N2O5S. The zero-order valence-corrected chi connectivity index (χ0v) is 14.4. The molecule has 0 saturated carbocycles. The third kappa shape index (κ3) is 3.01. The number of hydrogen-bond donors (Lipinski definition) is 0. The summed E-state index contributed by atoms with van der Waals surface area (Å²) >= 11 is 0. The van der Waals surface area contributed by atoms with Gasteiger partial charge in [-0.15, -0.1) is 0 Å². The molecule has 0 bridgehead atoms. The van der Waals surface area contributed by atoms with Gasteiger partial charge in [-0.3, -0.25) is 9.59 Å². The Labute approximate surface area is 135 Å². The van der Waals surface area contributed by atoms with Crippen LogP contribution in [-0.4, -0.2) is 57.8 Å². The lowest BCUT2D eigenvalue weighted by molar-refractivity contribution is -0.114. The van der Waals surface area contributed by atoms with E-state index in [2.05, 4.69) is 0 Å². The highest BCUT2D eigenvalue weighted by molar-refractivity contribution is 7.89. The van der Waals surface area contributed by atoms with Gasteiger partial charge in [0.25, 0.3) is 11.7 Å². The molecule has 0 saturated heterocycles. The minimum Gasteiger partial charge on any atom is -0.383 e. The summed E-state index contributed by atoms with van der Waals surface area (Å²) in [6, 6.07) is 4.02. The van der Waals surface area contributed by atoms with E-state index in [-0.39, 0.29) is 29.7 Å². The molecule has 1 aliphatic rings. The van der Waals surface area contributed by atoms with Gasteiger partial charge in [-0.1, -0.05) is 0 Å². The van der Waals surface area contributed by atoms with E-state index in [1.54, 1.807) is 13.8 Å². The van der Waals surface area contributed by atoms with Gasteiger partial charge in [0.1, 0.15) is 0 Å². The molecule has 0 spiro atoms. The van der Waals surface area contributed by atoms with E-state index in [0.29, 0.717) is 5.69 Å². The Bertz CT molecular complexity index is 742. The number of carbonyl (C=O) groups excluding carboxylic acids is 2. The number of amides is 1. The minimum absolute atomic E-state index is 0.0124. The molecule has 0 unspecified atom stereocenters. The van der Waals surface area contributed by atoms with Crippen molar-refractivity contribution in [2.75, 3.05) is 32.2 Å². The molecular weight excluding hydrogens is 320 g/mol. The Hall–Kier alpha value is -1.77. The van der Waals surface area contributed by atoms with Gasteiger partial charge in [-0.2, -0.15) is 4.31 Å². The van der Waals surface area contributed by atoms with Crippen LogP contribution in [0.25, 0.3) is 0 Å². The molecule has 0 N–H and O–H groups in total. The highest BCUT2D eigenvalue weighted by Crippen LogP contribution is 2.33. The number of sulfonamides is 1. The largest absolute Gasteiger partial charge is 0.383 e. The lowest BCUT2D eigenvalue weighted by atomic mass is 10.1. The minimum atomic E-state index is -3.74. The van der Waals surface area contributed by atoms with Gasteiger partial charge >= 0.3 is 0 Å². The van der Waals surface area contributed by atoms with Crippen molar-refractivity contribution in [3.8, 4) is 0 Å². The van der Waals surface area contributed by atoms with Gasteiger partial charge in [-0.25, -0.2) is 8.42 Å². The van der Waals surface area contributed by atoms with E-state index in [0.717, 1.165) is 4.31 Å². The Balaban J connectivity index is 2.43. The van der Waals surface area contributed by atoms with E-state index in [9.17, 15) is 18.0 Å². The zero-order chi connectivity index (χ0) is 17.4. The molecule has 1 aromatic carbocycles. The second-order valence-electron chi connectivity index (χ2n) is 5.60. The lowest BCUT2D eigenvalue weighted by Gasteiger charge is -2.21. The second kappa shape index (κ2) is 6.38. The van der Waals surface area contributed by atoms with Crippen molar-refractivity contribution in [1.82, 2.24) is 4.31 Å². The highest BCUT2D eigenvalue weighted by atomic mass is 32.2. The number of hydrogen-bond acceptors (Lipinski definition) is 5. The smallest absolute Gasteiger partial charge is 0.299 e. The first-order valence-corrected chi connectivity index (χ1v) is 8.63. The normalized spacial score (nSPS) is 15.0. The summed E-state index contributed by atoms with van der Waals surface area (Å²) in [6.45, 7) is 4.05. The Morgan fingerprint density at radius 3 is 2.48 bits per heavy atom. The lowest BCUT2D eigenvalue weighted by Crippen LogP contribution is -2.35. The van der Waals surface area contributed by atoms with Gasteiger partial charge in [0.05, 0.1) is 22.8 Å². The quantitative estimate of drug-likeness (QED) is 0.718. The van der Waals surface area contributed by atoms with Gasteiger partial charge in [0.15, 0.2) is 0 Å². The van der Waals surface area contributed by atoms with Crippen LogP contribution in [-0.2, 0) is 19.6 Å². The first-order chi connectivity index (χ1) is 10.7. The number of fused-ring (bicyclic) bond motifs is 1. The monoisotopic (exact) mass is 340 g/mol. The molecule has 0 aromatic heterocycles. The summed E-state index contributed by atoms with van der Waals surface area (Å²) in [5, 5.41) is 0. The van der Waals surface area contributed by atoms with Gasteiger partial charge in [-0.05, 0) is 32.0 Å². The van der Waals surface area contributed by atoms with Crippen molar-refractivity contribution in [2.45, 2.75) is 24.8 Å². The molecule has 1 amide bonds. The Morgan fingerprint density at radius 1 is 1.26 bits per heavy atom. The van der Waals surface area contributed by atoms with Crippen molar-refractivity contribution in [2.24, 2.45) is 0 Å². The summed E-state index contributed by atoms with van der Waals surface area (Å²) < 4.78 is 31.0. The third-order valence-corrected chi connectivity index (χ3v) is 5.57. The molecule has 0 aliphatic carbocycles. The molecule has 1 aromatic rings. The van der Waals surface area contributed by atoms with Crippen LogP contribution >= 0.6 is 0 Å². The van der Waals surface area contributed by atoms with E-state index in [1.807, 2.05) is 0 Å². The first kappa shape index (κ1) is 17.6. The van der Waals surface area contributed by atoms with Crippen molar-refractivity contribution < 1.29 is 22.7 Å². The third-order valence-electron chi connectivity index (χ3n) is 3.72. The Morgan fingerprint density at radius 2 is 1.91 bits per heavy atom. The number of anilines is 1. The molecule has 2 rings (SSSR count). The van der Waals surface area contributed by atoms with Crippen LogP contribution in [0.2, 0.25) is 0 Å². The number of ketones is 1. The van der Waals surface area contributed by atoms with Crippen molar-refractivity contribution >= 4 is 27.4 Å². The molecule has 1 heterocycles.